The number of benzene rings is 3. The van der Waals surface area contributed by atoms with Crippen molar-refractivity contribution in [2.45, 2.75) is 31.3 Å². The quantitative estimate of drug-likeness (QED) is 0.362. The average molecular weight is 492 g/mol. The molecule has 3 aromatic rings. The lowest BCUT2D eigenvalue weighted by molar-refractivity contribution is 0.00880. The Labute approximate surface area is 207 Å². The second kappa shape index (κ2) is 9.99. The predicted molar refractivity (Wildman–Crippen MR) is 137 cm³/mol. The molecule has 0 aliphatic carbocycles. The van der Waals surface area contributed by atoms with Gasteiger partial charge in [-0.15, -0.1) is 0 Å². The molecule has 8 nitrogen and oxygen atoms in total. The van der Waals surface area contributed by atoms with E-state index in [1.165, 1.54) is 6.92 Å². The van der Waals surface area contributed by atoms with Gasteiger partial charge in [-0.2, -0.15) is 0 Å². The van der Waals surface area contributed by atoms with Crippen LogP contribution in [0.3, 0.4) is 0 Å². The van der Waals surface area contributed by atoms with Gasteiger partial charge in [0.15, 0.2) is 17.0 Å². The van der Waals surface area contributed by atoms with Crippen LogP contribution < -0.4 is 16.0 Å². The van der Waals surface area contributed by atoms with Crippen LogP contribution in [0.2, 0.25) is 0 Å². The summed E-state index contributed by atoms with van der Waals surface area (Å²) in [6.07, 6.45) is -1.89. The summed E-state index contributed by atoms with van der Waals surface area (Å²) >= 11 is 5.54. The van der Waals surface area contributed by atoms with Crippen molar-refractivity contribution >= 4 is 51.4 Å². The van der Waals surface area contributed by atoms with E-state index >= 15 is 0 Å². The molecule has 3 N–H and O–H groups in total. The molecule has 0 saturated carbocycles. The van der Waals surface area contributed by atoms with Crippen LogP contribution in [0.4, 0.5) is 16.2 Å². The first-order valence-electron chi connectivity index (χ1n) is 11.3. The van der Waals surface area contributed by atoms with Crippen molar-refractivity contribution < 1.29 is 23.8 Å². The highest BCUT2D eigenvalue weighted by Gasteiger charge is 2.49. The number of amides is 1. The number of thiocarbonyl (C=S) groups is 1. The molecule has 2 heterocycles. The van der Waals surface area contributed by atoms with Crippen molar-refractivity contribution in [1.82, 2.24) is 5.32 Å². The van der Waals surface area contributed by atoms with E-state index in [0.717, 1.165) is 16.5 Å². The van der Waals surface area contributed by atoms with Crippen molar-refractivity contribution in [2.75, 3.05) is 23.8 Å². The van der Waals surface area contributed by atoms with E-state index in [4.69, 9.17) is 26.4 Å². The highest BCUT2D eigenvalue weighted by molar-refractivity contribution is 7.80. The smallest absolute Gasteiger partial charge is 0.412 e. The molecule has 2 saturated heterocycles. The van der Waals surface area contributed by atoms with Crippen LogP contribution in [0.25, 0.3) is 10.8 Å². The van der Waals surface area contributed by atoms with Gasteiger partial charge < -0.3 is 24.8 Å². The lowest BCUT2D eigenvalue weighted by atomic mass is 10.1. The summed E-state index contributed by atoms with van der Waals surface area (Å²) in [7, 11) is 0. The van der Waals surface area contributed by atoms with Crippen LogP contribution in [0.1, 0.15) is 17.3 Å². The second-order valence-corrected chi connectivity index (χ2v) is 8.94. The summed E-state index contributed by atoms with van der Waals surface area (Å²) < 4.78 is 17.4. The van der Waals surface area contributed by atoms with E-state index in [2.05, 4.69) is 28.1 Å². The lowest BCUT2D eigenvalue weighted by Crippen LogP contribution is -2.46. The van der Waals surface area contributed by atoms with E-state index in [9.17, 15) is 9.59 Å². The van der Waals surface area contributed by atoms with Crippen LogP contribution in [-0.4, -0.2) is 54.6 Å². The Bertz CT molecular complexity index is 1280. The summed E-state index contributed by atoms with van der Waals surface area (Å²) in [6.45, 7) is 2.06. The highest BCUT2D eigenvalue weighted by atomic mass is 32.1. The van der Waals surface area contributed by atoms with E-state index in [1.54, 1.807) is 24.3 Å². The van der Waals surface area contributed by atoms with Crippen LogP contribution >= 0.6 is 12.2 Å². The Kier molecular flexibility index (Phi) is 6.63. The molecule has 2 fully saturated rings. The normalized spacial score (nSPS) is 22.9. The van der Waals surface area contributed by atoms with E-state index in [-0.39, 0.29) is 24.5 Å². The van der Waals surface area contributed by atoms with Gasteiger partial charge >= 0.3 is 6.09 Å². The SMILES string of the molecule is CC(=O)c1cccc(NC(=O)O[C@@H]2CO[C@H]3[C@@H]2OC[C@@H]3NC(=S)Nc2cccc3ccccc23)c1. The zero-order valence-corrected chi connectivity index (χ0v) is 19.8. The highest BCUT2D eigenvalue weighted by Crippen LogP contribution is 2.30. The topological polar surface area (TPSA) is 97.9 Å². The molecule has 0 spiro atoms. The molecule has 4 atom stereocenters. The first-order chi connectivity index (χ1) is 17.0. The van der Waals surface area contributed by atoms with Crippen molar-refractivity contribution in [3.63, 3.8) is 0 Å². The van der Waals surface area contributed by atoms with Gasteiger partial charge in [0.1, 0.15) is 12.2 Å². The molecule has 9 heteroatoms. The molecule has 35 heavy (non-hydrogen) atoms. The van der Waals surface area contributed by atoms with Gasteiger partial charge in [-0.3, -0.25) is 10.1 Å². The first kappa shape index (κ1) is 23.2. The van der Waals surface area contributed by atoms with Gasteiger partial charge in [-0.05, 0) is 42.7 Å². The molecule has 0 aromatic heterocycles. The molecular weight excluding hydrogens is 466 g/mol. The van der Waals surface area contributed by atoms with Crippen molar-refractivity contribution in [1.29, 1.82) is 0 Å². The van der Waals surface area contributed by atoms with Gasteiger partial charge in [0.2, 0.25) is 0 Å². The van der Waals surface area contributed by atoms with Crippen LogP contribution in [0.15, 0.2) is 66.7 Å². The fourth-order valence-corrected chi connectivity index (χ4v) is 4.71. The molecule has 5 rings (SSSR count). The minimum absolute atomic E-state index is 0.0835. The fraction of sp³-hybridized carbons (Fsp3) is 0.269. The third-order valence-corrected chi connectivity index (χ3v) is 6.36. The Morgan fingerprint density at radius 2 is 1.71 bits per heavy atom. The van der Waals surface area contributed by atoms with E-state index < -0.39 is 18.3 Å². The van der Waals surface area contributed by atoms with Crippen molar-refractivity contribution in [3.8, 4) is 0 Å². The number of carbonyl (C=O) groups is 2. The van der Waals surface area contributed by atoms with Gasteiger partial charge in [0, 0.05) is 22.3 Å². The zero-order valence-electron chi connectivity index (χ0n) is 19.0. The van der Waals surface area contributed by atoms with Crippen LogP contribution in [0, 0.1) is 0 Å². The number of carbonyl (C=O) groups excluding carboxylic acids is 2. The average Bonchev–Trinajstić information content (AvgIpc) is 3.42. The summed E-state index contributed by atoms with van der Waals surface area (Å²) in [4.78, 5) is 24.0. The Balaban J connectivity index is 1.16. The number of fused-ring (bicyclic) bond motifs is 2. The number of anilines is 2. The largest absolute Gasteiger partial charge is 0.441 e. The monoisotopic (exact) mass is 491 g/mol. The number of hydrogen-bond donors (Lipinski definition) is 3. The van der Waals surface area contributed by atoms with Crippen molar-refractivity contribution in [2.24, 2.45) is 0 Å². The number of ether oxygens (including phenoxy) is 3. The minimum Gasteiger partial charge on any atom is -0.441 e. The molecular formula is C26H25N3O5S. The number of ketones is 1. The molecule has 0 bridgehead atoms. The zero-order chi connectivity index (χ0) is 24.4. The maximum atomic E-state index is 12.4. The Hall–Kier alpha value is -3.53. The van der Waals surface area contributed by atoms with Crippen molar-refractivity contribution in [3.05, 3.63) is 72.3 Å². The van der Waals surface area contributed by atoms with Crippen LogP contribution in [0.5, 0.6) is 0 Å². The molecule has 3 aromatic carbocycles. The summed E-state index contributed by atoms with van der Waals surface area (Å²) in [5, 5.41) is 11.9. The van der Waals surface area contributed by atoms with Gasteiger partial charge in [-0.25, -0.2) is 4.79 Å². The predicted octanol–water partition coefficient (Wildman–Crippen LogP) is 4.11. The molecule has 0 radical (unpaired) electrons. The third kappa shape index (κ3) is 5.12. The second-order valence-electron chi connectivity index (χ2n) is 8.53. The molecule has 180 valence electrons. The lowest BCUT2D eigenvalue weighted by Gasteiger charge is -2.20. The summed E-state index contributed by atoms with van der Waals surface area (Å²) in [5.41, 5.74) is 1.90. The Morgan fingerprint density at radius 3 is 2.57 bits per heavy atom. The maximum Gasteiger partial charge on any atom is 0.412 e. The standard InChI is InChI=1S/C26H25N3O5S/c1-15(30)17-8-4-9-18(12-17)27-26(31)34-22-14-33-23-21(13-32-24(22)23)29-25(35)28-20-11-5-7-16-6-2-3-10-19(16)20/h2-12,21-24H,13-14H2,1H3,(H,27,31)(H2,28,29,35)/t21-,22+,23+,24+/m0/s1. The van der Waals surface area contributed by atoms with E-state index in [1.807, 2.05) is 30.3 Å². The minimum atomic E-state index is -0.631. The molecule has 2 aliphatic heterocycles. The third-order valence-electron chi connectivity index (χ3n) is 6.14. The number of Topliss-reactive ketones (excluding diaryl/α,β-unsaturated/α-hetero) is 1. The number of nitrogens with one attached hydrogen (secondary N) is 3. The van der Waals surface area contributed by atoms with Crippen LogP contribution in [-0.2, 0) is 14.2 Å². The fourth-order valence-electron chi connectivity index (χ4n) is 4.45. The number of rotatable bonds is 5. The molecule has 0 unspecified atom stereocenters. The summed E-state index contributed by atoms with van der Waals surface area (Å²) in [5.74, 6) is -0.0835. The molecule has 1 amide bonds. The molecule has 2 aliphatic rings. The first-order valence-corrected chi connectivity index (χ1v) is 11.8. The van der Waals surface area contributed by atoms with Gasteiger partial charge in [-0.1, -0.05) is 48.5 Å². The maximum absolute atomic E-state index is 12.4. The Morgan fingerprint density at radius 1 is 0.943 bits per heavy atom. The number of hydrogen-bond acceptors (Lipinski definition) is 6. The van der Waals surface area contributed by atoms with E-state index in [0.29, 0.717) is 23.0 Å². The van der Waals surface area contributed by atoms with Gasteiger partial charge in [0.25, 0.3) is 0 Å². The summed E-state index contributed by atoms with van der Waals surface area (Å²) in [6, 6.07) is 20.6. The van der Waals surface area contributed by atoms with Gasteiger partial charge in [0.05, 0.1) is 19.3 Å².